The molecule has 0 radical (unpaired) electrons. The van der Waals surface area contributed by atoms with Crippen LogP contribution >= 0.6 is 24.4 Å². The fourth-order valence-electron chi connectivity index (χ4n) is 1.56. The molecule has 25 heavy (non-hydrogen) atoms. The maximum absolute atomic E-state index is 11.1. The molecule has 0 saturated carbocycles. The Morgan fingerprint density at radius 2 is 1.36 bits per heavy atom. The molecule has 0 aliphatic rings. The van der Waals surface area contributed by atoms with Crippen LogP contribution in [0.2, 0.25) is 0 Å². The number of benzene rings is 2. The molecule has 136 valence electrons. The Morgan fingerprint density at radius 1 is 0.960 bits per heavy atom. The Kier molecular flexibility index (Phi) is 9.20. The molecule has 0 aliphatic heterocycles. The molecule has 5 N–H and O–H groups in total. The first kappa shape index (κ1) is 21.7. The zero-order valence-corrected chi connectivity index (χ0v) is 15.6. The number of hydrogen-bond donors (Lipinski definition) is 5. The van der Waals surface area contributed by atoms with Crippen LogP contribution in [-0.4, -0.2) is 46.5 Å². The van der Waals surface area contributed by atoms with Gasteiger partial charge in [0.25, 0.3) is 0 Å². The molecule has 0 aliphatic carbocycles. The molecule has 0 heterocycles. The van der Waals surface area contributed by atoms with Gasteiger partial charge in [0.2, 0.25) is 0 Å². The van der Waals surface area contributed by atoms with Crippen LogP contribution in [0.4, 0.5) is 0 Å². The molecular formula is C18H23NO4S2. The minimum atomic E-state index is -1.21. The van der Waals surface area contributed by atoms with Gasteiger partial charge in [-0.15, -0.1) is 12.6 Å². The Hall–Kier alpha value is -1.35. The number of carbonyl (C=O) groups is 1. The molecule has 2 aromatic rings. The second-order valence-electron chi connectivity index (χ2n) is 5.51. The van der Waals surface area contributed by atoms with Gasteiger partial charge in [0, 0.05) is 20.2 Å². The summed E-state index contributed by atoms with van der Waals surface area (Å²) in [6.07, 6.45) is 0. The monoisotopic (exact) mass is 381 g/mol. The lowest BCUT2D eigenvalue weighted by Crippen LogP contribution is -2.50. The summed E-state index contributed by atoms with van der Waals surface area (Å²) in [5.41, 5.74) is 4.69. The number of nitrogens with two attached hydrogens (primary N) is 1. The first-order valence-corrected chi connectivity index (χ1v) is 8.79. The van der Waals surface area contributed by atoms with Crippen molar-refractivity contribution in [3.63, 3.8) is 0 Å². The molecule has 5 nitrogen and oxygen atoms in total. The van der Waals surface area contributed by atoms with Crippen LogP contribution in [0.25, 0.3) is 0 Å². The normalized spacial score (nSPS) is 10.8. The SMILES string of the molecule is CC(=O)c1ccc(Sc2ccc(S)cc2)cc1.NC(CO)(CO)CO. The van der Waals surface area contributed by atoms with Crippen molar-refractivity contribution < 1.29 is 20.1 Å². The van der Waals surface area contributed by atoms with Gasteiger partial charge in [-0.25, -0.2) is 0 Å². The molecule has 2 aromatic carbocycles. The van der Waals surface area contributed by atoms with Crippen LogP contribution in [0.1, 0.15) is 17.3 Å². The zero-order valence-electron chi connectivity index (χ0n) is 13.9. The molecule has 0 bridgehead atoms. The van der Waals surface area contributed by atoms with E-state index in [1.165, 1.54) is 4.90 Å². The van der Waals surface area contributed by atoms with Crippen LogP contribution in [0, 0.1) is 0 Å². The number of rotatable bonds is 6. The third-order valence-corrected chi connectivity index (χ3v) is 4.59. The number of carbonyl (C=O) groups excluding carboxylic acids is 1. The molecule has 7 heteroatoms. The van der Waals surface area contributed by atoms with E-state index in [4.69, 9.17) is 21.1 Å². The number of thiol groups is 1. The van der Waals surface area contributed by atoms with Crippen molar-refractivity contribution in [2.24, 2.45) is 5.73 Å². The number of hydrogen-bond acceptors (Lipinski definition) is 7. The highest BCUT2D eigenvalue weighted by Crippen LogP contribution is 2.28. The molecule has 0 atom stereocenters. The summed E-state index contributed by atoms with van der Waals surface area (Å²) in [6, 6.07) is 15.7. The Bertz CT molecular complexity index is 648. The quantitative estimate of drug-likeness (QED) is 0.387. The van der Waals surface area contributed by atoms with E-state index < -0.39 is 25.4 Å². The first-order chi connectivity index (χ1) is 11.8. The predicted molar refractivity (Wildman–Crippen MR) is 102 cm³/mol. The van der Waals surface area contributed by atoms with E-state index >= 15 is 0 Å². The van der Waals surface area contributed by atoms with Gasteiger partial charge < -0.3 is 21.1 Å². The van der Waals surface area contributed by atoms with Gasteiger partial charge in [-0.3, -0.25) is 4.79 Å². The highest BCUT2D eigenvalue weighted by atomic mass is 32.2. The molecule has 0 aromatic heterocycles. The lowest BCUT2D eigenvalue weighted by molar-refractivity contribution is 0.0697. The minimum absolute atomic E-state index is 0.0981. The van der Waals surface area contributed by atoms with Crippen molar-refractivity contribution in [2.45, 2.75) is 27.1 Å². The van der Waals surface area contributed by atoms with Gasteiger partial charge in [-0.2, -0.15) is 0 Å². The number of Topliss-reactive ketones (excluding diaryl/α,β-unsaturated/α-hetero) is 1. The van der Waals surface area contributed by atoms with Crippen LogP contribution in [0.15, 0.2) is 63.2 Å². The zero-order chi connectivity index (χ0) is 18.9. The maximum Gasteiger partial charge on any atom is 0.159 e. The molecule has 0 fully saturated rings. The summed E-state index contributed by atoms with van der Waals surface area (Å²) >= 11 is 5.92. The van der Waals surface area contributed by atoms with E-state index in [2.05, 4.69) is 12.6 Å². The van der Waals surface area contributed by atoms with Gasteiger partial charge in [0.1, 0.15) is 0 Å². The van der Waals surface area contributed by atoms with Crippen molar-refractivity contribution in [1.82, 2.24) is 0 Å². The average Bonchev–Trinajstić information content (AvgIpc) is 2.64. The van der Waals surface area contributed by atoms with Gasteiger partial charge >= 0.3 is 0 Å². The summed E-state index contributed by atoms with van der Waals surface area (Å²) in [7, 11) is 0. The van der Waals surface area contributed by atoms with E-state index in [9.17, 15) is 4.79 Å². The van der Waals surface area contributed by atoms with Crippen LogP contribution in [0.3, 0.4) is 0 Å². The Labute approximate surface area is 157 Å². The van der Waals surface area contributed by atoms with Crippen LogP contribution in [-0.2, 0) is 0 Å². The van der Waals surface area contributed by atoms with E-state index in [1.54, 1.807) is 18.7 Å². The predicted octanol–water partition coefficient (Wildman–Crippen LogP) is 1.99. The third kappa shape index (κ3) is 7.60. The first-order valence-electron chi connectivity index (χ1n) is 7.53. The van der Waals surface area contributed by atoms with Crippen LogP contribution < -0.4 is 5.73 Å². The highest BCUT2D eigenvalue weighted by Gasteiger charge is 2.20. The number of ketones is 1. The van der Waals surface area contributed by atoms with Crippen molar-refractivity contribution >= 4 is 30.2 Å². The largest absolute Gasteiger partial charge is 0.394 e. The number of aliphatic hydroxyl groups is 3. The second kappa shape index (κ2) is 10.6. The molecular weight excluding hydrogens is 358 g/mol. The van der Waals surface area contributed by atoms with Crippen LogP contribution in [0.5, 0.6) is 0 Å². The summed E-state index contributed by atoms with van der Waals surface area (Å²) in [6.45, 7) is 0.369. The summed E-state index contributed by atoms with van der Waals surface area (Å²) in [5.74, 6) is 0.0981. The van der Waals surface area contributed by atoms with Crippen molar-refractivity contribution in [3.8, 4) is 0 Å². The fraction of sp³-hybridized carbons (Fsp3) is 0.278. The van der Waals surface area contributed by atoms with Crippen molar-refractivity contribution in [1.29, 1.82) is 0 Å². The third-order valence-electron chi connectivity index (χ3n) is 3.28. The second-order valence-corrected chi connectivity index (χ2v) is 7.18. The van der Waals surface area contributed by atoms with Gasteiger partial charge in [-0.1, -0.05) is 23.9 Å². The Balaban J connectivity index is 0.000000333. The molecule has 0 unspecified atom stereocenters. The van der Waals surface area contributed by atoms with E-state index in [0.29, 0.717) is 0 Å². The molecule has 0 saturated heterocycles. The fourth-order valence-corrected chi connectivity index (χ4v) is 2.52. The topological polar surface area (TPSA) is 104 Å². The standard InChI is InChI=1S/C14H12OS2.C4H11NO3/c1-10(15)11-2-6-13(7-3-11)17-14-8-4-12(16)5-9-14;5-4(1-6,2-7)3-8/h2-9,16H,1H3;6-8H,1-3,5H2. The van der Waals surface area contributed by atoms with Gasteiger partial charge in [0.05, 0.1) is 25.4 Å². The van der Waals surface area contributed by atoms with Gasteiger partial charge in [-0.05, 0) is 43.3 Å². The maximum atomic E-state index is 11.1. The summed E-state index contributed by atoms with van der Waals surface area (Å²) in [4.78, 5) is 14.4. The van der Waals surface area contributed by atoms with Gasteiger partial charge in [0.15, 0.2) is 5.78 Å². The minimum Gasteiger partial charge on any atom is -0.394 e. The molecule has 0 spiro atoms. The van der Waals surface area contributed by atoms with E-state index in [0.717, 1.165) is 15.4 Å². The highest BCUT2D eigenvalue weighted by molar-refractivity contribution is 7.99. The average molecular weight is 382 g/mol. The molecule has 2 rings (SSSR count). The van der Waals surface area contributed by atoms with Crippen molar-refractivity contribution in [2.75, 3.05) is 19.8 Å². The Morgan fingerprint density at radius 3 is 1.68 bits per heavy atom. The summed E-state index contributed by atoms with van der Waals surface area (Å²) in [5, 5.41) is 25.0. The van der Waals surface area contributed by atoms with E-state index in [-0.39, 0.29) is 5.78 Å². The summed E-state index contributed by atoms with van der Waals surface area (Å²) < 4.78 is 0. The molecule has 0 amide bonds. The number of aliphatic hydroxyl groups excluding tert-OH is 3. The van der Waals surface area contributed by atoms with Crippen molar-refractivity contribution in [3.05, 3.63) is 54.1 Å². The van der Waals surface area contributed by atoms with E-state index in [1.807, 2.05) is 48.5 Å². The lowest BCUT2D eigenvalue weighted by atomic mass is 10.1. The lowest BCUT2D eigenvalue weighted by Gasteiger charge is -2.20. The smallest absolute Gasteiger partial charge is 0.159 e.